The summed E-state index contributed by atoms with van der Waals surface area (Å²) < 4.78 is 5.34. The standard InChI is InChI=1S/C24H30N4O3/c1-17(2)28-22(20-5-3-4-6-21(20)24(28)30)26-19-9-7-18(8-10-19)23(29)25-11-12-27-13-15-31-16-14-27/h3-10,17,22,26H,11-16H2,1-2H3,(H,25,29). The van der Waals surface area contributed by atoms with E-state index in [4.69, 9.17) is 4.74 Å². The predicted octanol–water partition coefficient (Wildman–Crippen LogP) is 2.72. The summed E-state index contributed by atoms with van der Waals surface area (Å²) in [6, 6.07) is 15.2. The van der Waals surface area contributed by atoms with Crippen LogP contribution in [0.1, 0.15) is 46.3 Å². The van der Waals surface area contributed by atoms with Crippen molar-refractivity contribution in [3.63, 3.8) is 0 Å². The van der Waals surface area contributed by atoms with Gasteiger partial charge >= 0.3 is 0 Å². The van der Waals surface area contributed by atoms with Crippen molar-refractivity contribution in [3.8, 4) is 0 Å². The molecule has 4 rings (SSSR count). The van der Waals surface area contributed by atoms with Gasteiger partial charge in [0.15, 0.2) is 0 Å². The average Bonchev–Trinajstić information content (AvgIpc) is 3.07. The number of carbonyl (C=O) groups excluding carboxylic acids is 2. The molecule has 0 bridgehead atoms. The van der Waals surface area contributed by atoms with Gasteiger partial charge in [-0.05, 0) is 44.2 Å². The summed E-state index contributed by atoms with van der Waals surface area (Å²) in [6.07, 6.45) is -0.225. The Balaban J connectivity index is 1.37. The highest BCUT2D eigenvalue weighted by Gasteiger charge is 2.37. The lowest BCUT2D eigenvalue weighted by atomic mass is 10.1. The van der Waals surface area contributed by atoms with Crippen LogP contribution in [-0.2, 0) is 4.74 Å². The molecule has 31 heavy (non-hydrogen) atoms. The quantitative estimate of drug-likeness (QED) is 0.718. The van der Waals surface area contributed by atoms with Crippen LogP contribution in [0.25, 0.3) is 0 Å². The van der Waals surface area contributed by atoms with E-state index in [1.54, 1.807) is 0 Å². The van der Waals surface area contributed by atoms with E-state index >= 15 is 0 Å². The number of hydrogen-bond acceptors (Lipinski definition) is 5. The minimum absolute atomic E-state index is 0.0411. The highest BCUT2D eigenvalue weighted by molar-refractivity contribution is 5.99. The van der Waals surface area contributed by atoms with E-state index in [1.807, 2.05) is 67.3 Å². The normalized spacial score (nSPS) is 18.9. The highest BCUT2D eigenvalue weighted by atomic mass is 16.5. The third-order valence-electron chi connectivity index (χ3n) is 5.82. The Bertz CT molecular complexity index is 923. The summed E-state index contributed by atoms with van der Waals surface area (Å²) in [7, 11) is 0. The van der Waals surface area contributed by atoms with E-state index in [-0.39, 0.29) is 24.0 Å². The maximum atomic E-state index is 12.8. The van der Waals surface area contributed by atoms with Crippen LogP contribution in [0.4, 0.5) is 5.69 Å². The molecule has 0 aromatic heterocycles. The Hall–Kier alpha value is -2.90. The molecular formula is C24H30N4O3. The number of anilines is 1. The smallest absolute Gasteiger partial charge is 0.256 e. The molecule has 7 nitrogen and oxygen atoms in total. The number of rotatable bonds is 7. The highest BCUT2D eigenvalue weighted by Crippen LogP contribution is 2.35. The van der Waals surface area contributed by atoms with Crippen molar-refractivity contribution in [1.29, 1.82) is 0 Å². The van der Waals surface area contributed by atoms with Gasteiger partial charge in [0.25, 0.3) is 11.8 Å². The van der Waals surface area contributed by atoms with Gasteiger partial charge in [-0.15, -0.1) is 0 Å². The summed E-state index contributed by atoms with van der Waals surface area (Å²) in [5.41, 5.74) is 3.21. The first-order chi connectivity index (χ1) is 15.0. The number of nitrogens with zero attached hydrogens (tertiary/aromatic N) is 2. The second-order valence-corrected chi connectivity index (χ2v) is 8.23. The molecule has 0 saturated carbocycles. The zero-order chi connectivity index (χ0) is 21.8. The van der Waals surface area contributed by atoms with E-state index in [9.17, 15) is 9.59 Å². The van der Waals surface area contributed by atoms with Gasteiger partial charge in [-0.1, -0.05) is 18.2 Å². The Kier molecular flexibility index (Phi) is 6.53. The fourth-order valence-electron chi connectivity index (χ4n) is 4.15. The molecule has 7 heteroatoms. The molecule has 0 spiro atoms. The fourth-order valence-corrected chi connectivity index (χ4v) is 4.15. The van der Waals surface area contributed by atoms with Crippen molar-refractivity contribution >= 4 is 17.5 Å². The van der Waals surface area contributed by atoms with Crippen molar-refractivity contribution in [1.82, 2.24) is 15.1 Å². The number of ether oxygens (including phenoxy) is 1. The minimum Gasteiger partial charge on any atom is -0.379 e. The number of benzene rings is 2. The van der Waals surface area contributed by atoms with E-state index in [1.165, 1.54) is 0 Å². The van der Waals surface area contributed by atoms with Crippen LogP contribution in [0.3, 0.4) is 0 Å². The molecule has 2 aliphatic rings. The lowest BCUT2D eigenvalue weighted by Gasteiger charge is -2.30. The van der Waals surface area contributed by atoms with Gasteiger partial charge in [-0.25, -0.2) is 0 Å². The lowest BCUT2D eigenvalue weighted by molar-refractivity contribution is 0.0383. The van der Waals surface area contributed by atoms with Crippen LogP contribution in [0.15, 0.2) is 48.5 Å². The van der Waals surface area contributed by atoms with E-state index in [2.05, 4.69) is 15.5 Å². The molecule has 2 aromatic rings. The van der Waals surface area contributed by atoms with Crippen molar-refractivity contribution in [2.24, 2.45) is 0 Å². The molecule has 1 fully saturated rings. The molecular weight excluding hydrogens is 392 g/mol. The summed E-state index contributed by atoms with van der Waals surface area (Å²) in [6.45, 7) is 8.82. The Morgan fingerprint density at radius 3 is 2.52 bits per heavy atom. The van der Waals surface area contributed by atoms with Crippen molar-refractivity contribution in [2.75, 3.05) is 44.7 Å². The minimum atomic E-state index is -0.225. The van der Waals surface area contributed by atoms with Crippen LogP contribution in [0.2, 0.25) is 0 Å². The first-order valence-corrected chi connectivity index (χ1v) is 10.9. The van der Waals surface area contributed by atoms with E-state index < -0.39 is 0 Å². The van der Waals surface area contributed by atoms with Gasteiger partial charge in [0.05, 0.1) is 13.2 Å². The van der Waals surface area contributed by atoms with Gasteiger partial charge in [0.1, 0.15) is 6.17 Å². The number of carbonyl (C=O) groups is 2. The lowest BCUT2D eigenvalue weighted by Crippen LogP contribution is -2.41. The van der Waals surface area contributed by atoms with Gasteiger partial charge in [-0.2, -0.15) is 0 Å². The van der Waals surface area contributed by atoms with E-state index in [0.717, 1.165) is 49.7 Å². The number of nitrogens with one attached hydrogen (secondary N) is 2. The number of morpholine rings is 1. The summed E-state index contributed by atoms with van der Waals surface area (Å²) >= 11 is 0. The summed E-state index contributed by atoms with van der Waals surface area (Å²) in [5, 5.41) is 6.45. The second-order valence-electron chi connectivity index (χ2n) is 8.23. The fraction of sp³-hybridized carbons (Fsp3) is 0.417. The van der Waals surface area contributed by atoms with Crippen LogP contribution in [0.5, 0.6) is 0 Å². The van der Waals surface area contributed by atoms with Gasteiger partial charge in [-0.3, -0.25) is 14.5 Å². The third kappa shape index (κ3) is 4.73. The Morgan fingerprint density at radius 1 is 1.10 bits per heavy atom. The van der Waals surface area contributed by atoms with Crippen LogP contribution < -0.4 is 10.6 Å². The molecule has 1 saturated heterocycles. The first-order valence-electron chi connectivity index (χ1n) is 10.9. The van der Waals surface area contributed by atoms with Crippen LogP contribution >= 0.6 is 0 Å². The molecule has 2 aliphatic heterocycles. The molecule has 2 heterocycles. The largest absolute Gasteiger partial charge is 0.379 e. The van der Waals surface area contributed by atoms with Crippen molar-refractivity contribution in [2.45, 2.75) is 26.1 Å². The van der Waals surface area contributed by atoms with Crippen molar-refractivity contribution < 1.29 is 14.3 Å². The van der Waals surface area contributed by atoms with Crippen LogP contribution in [-0.4, -0.2) is 67.0 Å². The zero-order valence-corrected chi connectivity index (χ0v) is 18.1. The topological polar surface area (TPSA) is 73.9 Å². The number of hydrogen-bond donors (Lipinski definition) is 2. The number of amides is 2. The zero-order valence-electron chi connectivity index (χ0n) is 18.1. The molecule has 2 aromatic carbocycles. The van der Waals surface area contributed by atoms with E-state index in [0.29, 0.717) is 12.1 Å². The predicted molar refractivity (Wildman–Crippen MR) is 120 cm³/mol. The Morgan fingerprint density at radius 2 is 1.81 bits per heavy atom. The Labute approximate surface area is 183 Å². The third-order valence-corrected chi connectivity index (χ3v) is 5.82. The molecule has 2 amide bonds. The SMILES string of the molecule is CC(C)N1C(=O)c2ccccc2C1Nc1ccc(C(=O)NCCN2CCOCC2)cc1. The monoisotopic (exact) mass is 422 g/mol. The van der Waals surface area contributed by atoms with Gasteiger partial charge in [0.2, 0.25) is 0 Å². The van der Waals surface area contributed by atoms with Crippen LogP contribution in [0, 0.1) is 0 Å². The van der Waals surface area contributed by atoms with Gasteiger partial charge in [0, 0.05) is 54.6 Å². The second kappa shape index (κ2) is 9.49. The maximum Gasteiger partial charge on any atom is 0.256 e. The number of fused-ring (bicyclic) bond motifs is 1. The molecule has 2 N–H and O–H groups in total. The summed E-state index contributed by atoms with van der Waals surface area (Å²) in [5.74, 6) is -0.0376. The molecule has 0 radical (unpaired) electrons. The summed E-state index contributed by atoms with van der Waals surface area (Å²) in [4.78, 5) is 29.4. The van der Waals surface area contributed by atoms with Gasteiger partial charge < -0.3 is 20.3 Å². The molecule has 1 atom stereocenters. The maximum absolute atomic E-state index is 12.8. The average molecular weight is 423 g/mol. The van der Waals surface area contributed by atoms with Crippen molar-refractivity contribution in [3.05, 3.63) is 65.2 Å². The first kappa shape index (κ1) is 21.3. The molecule has 164 valence electrons. The molecule has 0 aliphatic carbocycles. The molecule has 1 unspecified atom stereocenters.